The van der Waals surface area contributed by atoms with E-state index in [0.717, 1.165) is 9.99 Å². The Kier molecular flexibility index (Phi) is 2.78. The van der Waals surface area contributed by atoms with Crippen LogP contribution in [0.5, 0.6) is 5.88 Å². The second kappa shape index (κ2) is 4.09. The molecule has 1 aromatic carbocycles. The molecule has 1 heterocycles. The van der Waals surface area contributed by atoms with E-state index < -0.39 is 0 Å². The van der Waals surface area contributed by atoms with Crippen molar-refractivity contribution in [2.24, 2.45) is 5.18 Å². The van der Waals surface area contributed by atoms with Gasteiger partial charge < -0.3 is 9.67 Å². The zero-order valence-corrected chi connectivity index (χ0v) is 9.94. The van der Waals surface area contributed by atoms with E-state index in [2.05, 4.69) is 27.7 Å². The fourth-order valence-electron chi connectivity index (χ4n) is 1.73. The van der Waals surface area contributed by atoms with Gasteiger partial charge in [0.25, 0.3) is 0 Å². The lowest BCUT2D eigenvalue weighted by molar-refractivity contribution is 0.431. The Balaban J connectivity index is 2.91. The van der Waals surface area contributed by atoms with Gasteiger partial charge in [-0.15, -0.1) is 11.5 Å². The summed E-state index contributed by atoms with van der Waals surface area (Å²) in [4.78, 5) is 10.7. The second-order valence-corrected chi connectivity index (χ2v) is 4.15. The molecule has 0 radical (unpaired) electrons. The summed E-state index contributed by atoms with van der Waals surface area (Å²) in [6, 6.07) is 5.38. The van der Waals surface area contributed by atoms with Crippen LogP contribution in [0.3, 0.4) is 0 Å². The van der Waals surface area contributed by atoms with Crippen LogP contribution in [0.2, 0.25) is 0 Å². The summed E-state index contributed by atoms with van der Waals surface area (Å²) in [6.07, 6.45) is 1.65. The Bertz CT molecular complexity index is 575. The lowest BCUT2D eigenvalue weighted by Crippen LogP contribution is -1.93. The minimum Gasteiger partial charge on any atom is -0.493 e. The first-order valence-electron chi connectivity index (χ1n) is 4.64. The SMILES string of the molecule is C=CCn1c(O)c(N=O)c2cccc(Br)c21. The molecule has 0 aliphatic carbocycles. The highest BCUT2D eigenvalue weighted by Crippen LogP contribution is 2.41. The lowest BCUT2D eigenvalue weighted by atomic mass is 10.2. The molecule has 0 unspecified atom stereocenters. The van der Waals surface area contributed by atoms with Crippen LogP contribution in [0.15, 0.2) is 40.5 Å². The topological polar surface area (TPSA) is 54.6 Å². The van der Waals surface area contributed by atoms with Crippen molar-refractivity contribution in [1.29, 1.82) is 0 Å². The smallest absolute Gasteiger partial charge is 0.222 e. The lowest BCUT2D eigenvalue weighted by Gasteiger charge is -2.03. The predicted octanol–water partition coefficient (Wildman–Crippen LogP) is 3.69. The molecule has 0 atom stereocenters. The summed E-state index contributed by atoms with van der Waals surface area (Å²) in [5.74, 6) is -0.128. The van der Waals surface area contributed by atoms with Crippen molar-refractivity contribution in [2.75, 3.05) is 0 Å². The van der Waals surface area contributed by atoms with Crippen molar-refractivity contribution < 1.29 is 5.11 Å². The number of nitrogens with zero attached hydrogens (tertiary/aromatic N) is 2. The third-order valence-electron chi connectivity index (χ3n) is 2.38. The first-order chi connectivity index (χ1) is 7.70. The number of hydrogen-bond donors (Lipinski definition) is 1. The molecule has 1 N–H and O–H groups in total. The fourth-order valence-corrected chi connectivity index (χ4v) is 2.31. The number of fused-ring (bicyclic) bond motifs is 1. The molecule has 5 heteroatoms. The van der Waals surface area contributed by atoms with E-state index in [9.17, 15) is 10.0 Å². The molecule has 4 nitrogen and oxygen atoms in total. The Morgan fingerprint density at radius 2 is 2.31 bits per heavy atom. The minimum absolute atomic E-state index is 0.0677. The number of aromatic hydroxyl groups is 1. The van der Waals surface area contributed by atoms with Gasteiger partial charge in [-0.25, -0.2) is 0 Å². The molecule has 0 saturated heterocycles. The summed E-state index contributed by atoms with van der Waals surface area (Å²) in [6.45, 7) is 4.03. The average Bonchev–Trinajstić information content (AvgIpc) is 2.54. The molecule has 0 saturated carbocycles. The molecule has 0 amide bonds. The average molecular weight is 281 g/mol. The standard InChI is InChI=1S/C11H9BrN2O2/c1-2-6-14-10-7(4-3-5-8(10)12)9(13-16)11(14)15/h2-5,15H,1,6H2. The van der Waals surface area contributed by atoms with Crippen molar-refractivity contribution in [3.8, 4) is 5.88 Å². The molecule has 16 heavy (non-hydrogen) atoms. The van der Waals surface area contributed by atoms with Crippen molar-refractivity contribution in [3.63, 3.8) is 0 Å². The molecule has 0 aliphatic heterocycles. The zero-order chi connectivity index (χ0) is 11.7. The maximum absolute atomic E-state index is 10.7. The number of aromatic nitrogens is 1. The van der Waals surface area contributed by atoms with Crippen LogP contribution < -0.4 is 0 Å². The molecule has 0 spiro atoms. The molecule has 2 aromatic rings. The van der Waals surface area contributed by atoms with E-state index >= 15 is 0 Å². The summed E-state index contributed by atoms with van der Waals surface area (Å²) in [7, 11) is 0. The van der Waals surface area contributed by atoms with Gasteiger partial charge in [0.15, 0.2) is 5.69 Å². The maximum Gasteiger partial charge on any atom is 0.222 e. The molecule has 0 bridgehead atoms. The number of allylic oxidation sites excluding steroid dienone is 1. The summed E-state index contributed by atoms with van der Waals surface area (Å²) >= 11 is 3.38. The maximum atomic E-state index is 10.7. The number of halogens is 1. The third-order valence-corrected chi connectivity index (χ3v) is 3.02. The van der Waals surface area contributed by atoms with Crippen LogP contribution in [0.25, 0.3) is 10.9 Å². The van der Waals surface area contributed by atoms with E-state index in [-0.39, 0.29) is 11.6 Å². The normalized spacial score (nSPS) is 10.6. The molecule has 0 fully saturated rings. The van der Waals surface area contributed by atoms with Crippen molar-refractivity contribution in [1.82, 2.24) is 4.57 Å². The van der Waals surface area contributed by atoms with Crippen molar-refractivity contribution >= 4 is 32.5 Å². The summed E-state index contributed by atoms with van der Waals surface area (Å²) in [5, 5.41) is 13.4. The van der Waals surface area contributed by atoms with Crippen LogP contribution in [-0.2, 0) is 6.54 Å². The van der Waals surface area contributed by atoms with E-state index in [1.54, 1.807) is 22.8 Å². The highest BCUT2D eigenvalue weighted by Gasteiger charge is 2.18. The summed E-state index contributed by atoms with van der Waals surface area (Å²) in [5.41, 5.74) is 0.813. The molecule has 1 aromatic heterocycles. The quantitative estimate of drug-likeness (QED) is 0.689. The fraction of sp³-hybridized carbons (Fsp3) is 0.0909. The highest BCUT2D eigenvalue weighted by molar-refractivity contribution is 9.10. The third kappa shape index (κ3) is 1.44. The van der Waals surface area contributed by atoms with Crippen LogP contribution in [0, 0.1) is 4.91 Å². The first-order valence-corrected chi connectivity index (χ1v) is 5.44. The van der Waals surface area contributed by atoms with Gasteiger partial charge in [0.05, 0.1) is 5.52 Å². The molecule has 2 rings (SSSR count). The number of hydrogen-bond acceptors (Lipinski definition) is 3. The van der Waals surface area contributed by atoms with E-state index in [1.165, 1.54) is 0 Å². The Labute approximate surface area is 100 Å². The monoisotopic (exact) mass is 280 g/mol. The van der Waals surface area contributed by atoms with Gasteiger partial charge in [0.2, 0.25) is 5.88 Å². The van der Waals surface area contributed by atoms with Gasteiger partial charge in [-0.3, -0.25) is 0 Å². The van der Waals surface area contributed by atoms with Crippen LogP contribution in [0.4, 0.5) is 5.69 Å². The molecule has 0 aliphatic rings. The number of benzene rings is 1. The Hall–Kier alpha value is -1.62. The largest absolute Gasteiger partial charge is 0.493 e. The Morgan fingerprint density at radius 3 is 2.94 bits per heavy atom. The second-order valence-electron chi connectivity index (χ2n) is 3.30. The molecular formula is C11H9BrN2O2. The number of para-hydroxylation sites is 1. The van der Waals surface area contributed by atoms with Gasteiger partial charge in [0, 0.05) is 16.4 Å². The van der Waals surface area contributed by atoms with Gasteiger partial charge in [-0.2, -0.15) is 0 Å². The number of nitroso groups, excluding NO2 is 1. The van der Waals surface area contributed by atoms with Gasteiger partial charge >= 0.3 is 0 Å². The van der Waals surface area contributed by atoms with Crippen LogP contribution in [-0.4, -0.2) is 9.67 Å². The van der Waals surface area contributed by atoms with E-state index in [1.807, 2.05) is 6.07 Å². The molecular weight excluding hydrogens is 272 g/mol. The molecule has 82 valence electrons. The van der Waals surface area contributed by atoms with Crippen LogP contribution >= 0.6 is 15.9 Å². The Morgan fingerprint density at radius 1 is 1.56 bits per heavy atom. The number of rotatable bonds is 3. The van der Waals surface area contributed by atoms with Crippen molar-refractivity contribution in [2.45, 2.75) is 6.54 Å². The van der Waals surface area contributed by atoms with E-state index in [4.69, 9.17) is 0 Å². The summed E-state index contributed by atoms with van der Waals surface area (Å²) < 4.78 is 2.39. The van der Waals surface area contributed by atoms with Gasteiger partial charge in [0.1, 0.15) is 0 Å². The first kappa shape index (κ1) is 10.9. The minimum atomic E-state index is -0.128. The van der Waals surface area contributed by atoms with E-state index in [0.29, 0.717) is 11.9 Å². The predicted molar refractivity (Wildman–Crippen MR) is 67.0 cm³/mol. The highest BCUT2D eigenvalue weighted by atomic mass is 79.9. The van der Waals surface area contributed by atoms with Gasteiger partial charge in [-0.1, -0.05) is 18.2 Å². The van der Waals surface area contributed by atoms with Crippen LogP contribution in [0.1, 0.15) is 0 Å². The zero-order valence-electron chi connectivity index (χ0n) is 8.35. The van der Waals surface area contributed by atoms with Gasteiger partial charge in [-0.05, 0) is 27.2 Å². The van der Waals surface area contributed by atoms with Crippen molar-refractivity contribution in [3.05, 3.63) is 40.2 Å².